The molecule has 32 heavy (non-hydrogen) atoms. The minimum Gasteiger partial charge on any atom is -0.496 e. The second-order valence-corrected chi connectivity index (χ2v) is 10.1. The minimum atomic E-state index is -4.02. The van der Waals surface area contributed by atoms with Gasteiger partial charge in [0, 0.05) is 0 Å². The van der Waals surface area contributed by atoms with Crippen LogP contribution < -0.4 is 14.4 Å². The van der Waals surface area contributed by atoms with Gasteiger partial charge in [0.15, 0.2) is 0 Å². The lowest BCUT2D eigenvalue weighted by Crippen LogP contribution is -2.41. The molecule has 1 atom stereocenters. The molecule has 168 valence electrons. The smallest absolute Gasteiger partial charge is 0.264 e. The molecule has 0 saturated heterocycles. The number of nitrogens with zero attached hydrogens (tertiary/aromatic N) is 1. The molecule has 0 aliphatic rings. The summed E-state index contributed by atoms with van der Waals surface area (Å²) in [6, 6.07) is 20.8. The molecule has 3 aromatic rings. The molecule has 0 fully saturated rings. The monoisotopic (exact) mass is 516 g/mol. The first kappa shape index (κ1) is 23.8. The number of nitrogens with one attached hydrogen (secondary N) is 1. The number of rotatable bonds is 8. The molecular weight excluding hydrogens is 492 g/mol. The fourth-order valence-electron chi connectivity index (χ4n) is 3.20. The van der Waals surface area contributed by atoms with Gasteiger partial charge in [-0.25, -0.2) is 8.42 Å². The highest BCUT2D eigenvalue weighted by atomic mass is 79.9. The van der Waals surface area contributed by atoms with Crippen molar-refractivity contribution in [2.24, 2.45) is 0 Å². The van der Waals surface area contributed by atoms with Gasteiger partial charge in [-0.3, -0.25) is 9.10 Å². The number of carbonyl (C=O) groups is 1. The minimum absolute atomic E-state index is 0.0506. The van der Waals surface area contributed by atoms with E-state index in [4.69, 9.17) is 4.74 Å². The van der Waals surface area contributed by atoms with Crippen LogP contribution in [0.5, 0.6) is 5.75 Å². The molecule has 0 unspecified atom stereocenters. The van der Waals surface area contributed by atoms with E-state index in [9.17, 15) is 13.2 Å². The lowest BCUT2D eigenvalue weighted by molar-refractivity contribution is -0.120. The maximum Gasteiger partial charge on any atom is 0.264 e. The third-order valence-corrected chi connectivity index (χ3v) is 7.39. The number of carbonyl (C=O) groups excluding carboxylic acids is 1. The standard InChI is InChI=1S/C24H25BrN2O4S/c1-17-9-11-20(12-10-17)27(16-24(28)26-18(2)19-7-5-4-6-8-19)32(29,30)21-13-14-23(31-3)22(25)15-21/h4-15,18H,16H2,1-3H3,(H,26,28)/t18-/m1/s1. The van der Waals surface area contributed by atoms with Gasteiger partial charge in [0.25, 0.3) is 10.0 Å². The van der Waals surface area contributed by atoms with Crippen molar-refractivity contribution in [1.29, 1.82) is 0 Å². The Labute approximate surface area is 197 Å². The summed E-state index contributed by atoms with van der Waals surface area (Å²) < 4.78 is 33.9. The SMILES string of the molecule is COc1ccc(S(=O)(=O)N(CC(=O)N[C@H](C)c2ccccc2)c2ccc(C)cc2)cc1Br. The summed E-state index contributed by atoms with van der Waals surface area (Å²) in [5.74, 6) is 0.110. The van der Waals surface area contributed by atoms with E-state index < -0.39 is 15.9 Å². The van der Waals surface area contributed by atoms with E-state index in [1.165, 1.54) is 19.2 Å². The highest BCUT2D eigenvalue weighted by Gasteiger charge is 2.28. The molecule has 1 amide bonds. The summed E-state index contributed by atoms with van der Waals surface area (Å²) in [5.41, 5.74) is 2.33. The van der Waals surface area contributed by atoms with Gasteiger partial charge in [0.2, 0.25) is 5.91 Å². The number of methoxy groups -OCH3 is 1. The van der Waals surface area contributed by atoms with Crippen LogP contribution >= 0.6 is 15.9 Å². The molecule has 6 nitrogen and oxygen atoms in total. The van der Waals surface area contributed by atoms with Crippen LogP contribution in [-0.2, 0) is 14.8 Å². The number of ether oxygens (including phenoxy) is 1. The summed E-state index contributed by atoms with van der Waals surface area (Å²) in [6.07, 6.45) is 0. The van der Waals surface area contributed by atoms with Crippen LogP contribution in [0.4, 0.5) is 5.69 Å². The fourth-order valence-corrected chi connectivity index (χ4v) is 5.34. The van der Waals surface area contributed by atoms with Gasteiger partial charge in [0.05, 0.1) is 28.2 Å². The van der Waals surface area contributed by atoms with Gasteiger partial charge >= 0.3 is 0 Å². The van der Waals surface area contributed by atoms with E-state index in [1.807, 2.05) is 56.3 Å². The number of anilines is 1. The van der Waals surface area contributed by atoms with Gasteiger partial charge in [0.1, 0.15) is 12.3 Å². The number of amides is 1. The van der Waals surface area contributed by atoms with Crippen molar-refractivity contribution in [3.05, 3.63) is 88.4 Å². The normalized spacial score (nSPS) is 12.1. The lowest BCUT2D eigenvalue weighted by atomic mass is 10.1. The van der Waals surface area contributed by atoms with Crippen molar-refractivity contribution in [1.82, 2.24) is 5.32 Å². The highest BCUT2D eigenvalue weighted by molar-refractivity contribution is 9.10. The second-order valence-electron chi connectivity index (χ2n) is 7.34. The maximum absolute atomic E-state index is 13.5. The van der Waals surface area contributed by atoms with E-state index >= 15 is 0 Å². The number of sulfonamides is 1. The zero-order valence-electron chi connectivity index (χ0n) is 18.1. The van der Waals surface area contributed by atoms with Gasteiger partial charge < -0.3 is 10.1 Å². The summed E-state index contributed by atoms with van der Waals surface area (Å²) >= 11 is 3.34. The van der Waals surface area contributed by atoms with Crippen LogP contribution in [0.3, 0.4) is 0 Å². The summed E-state index contributed by atoms with van der Waals surface area (Å²) in [6.45, 7) is 3.42. The zero-order valence-corrected chi connectivity index (χ0v) is 20.5. The number of benzene rings is 3. The van der Waals surface area contributed by atoms with Crippen LogP contribution in [0.1, 0.15) is 24.1 Å². The maximum atomic E-state index is 13.5. The van der Waals surface area contributed by atoms with Gasteiger partial charge in [-0.05, 0) is 65.7 Å². The van der Waals surface area contributed by atoms with Crippen molar-refractivity contribution >= 4 is 37.5 Å². The number of halogens is 1. The fraction of sp³-hybridized carbons (Fsp3) is 0.208. The van der Waals surface area contributed by atoms with E-state index in [0.29, 0.717) is 15.9 Å². The predicted molar refractivity (Wildman–Crippen MR) is 129 cm³/mol. The average Bonchev–Trinajstić information content (AvgIpc) is 2.78. The van der Waals surface area contributed by atoms with Crippen LogP contribution in [0.25, 0.3) is 0 Å². The third-order valence-electron chi connectivity index (χ3n) is 5.00. The van der Waals surface area contributed by atoms with Crippen molar-refractivity contribution in [3.63, 3.8) is 0 Å². The largest absolute Gasteiger partial charge is 0.496 e. The van der Waals surface area contributed by atoms with E-state index in [2.05, 4.69) is 21.2 Å². The predicted octanol–water partition coefficient (Wildman–Crippen LogP) is 4.84. The molecule has 0 saturated carbocycles. The molecule has 0 aliphatic carbocycles. The van der Waals surface area contributed by atoms with Crippen molar-refractivity contribution in [3.8, 4) is 5.75 Å². The number of hydrogen-bond donors (Lipinski definition) is 1. The Morgan fingerprint density at radius 1 is 1.06 bits per heavy atom. The quantitative estimate of drug-likeness (QED) is 0.464. The molecule has 0 radical (unpaired) electrons. The molecule has 1 N–H and O–H groups in total. The molecule has 3 rings (SSSR count). The van der Waals surface area contributed by atoms with Crippen LogP contribution in [0.2, 0.25) is 0 Å². The van der Waals surface area contributed by atoms with Gasteiger partial charge in [-0.1, -0.05) is 48.0 Å². The summed E-state index contributed by atoms with van der Waals surface area (Å²) in [4.78, 5) is 12.9. The lowest BCUT2D eigenvalue weighted by Gasteiger charge is -2.25. The Kier molecular flexibility index (Phi) is 7.58. The number of hydrogen-bond acceptors (Lipinski definition) is 4. The van der Waals surface area contributed by atoms with Crippen molar-refractivity contribution in [2.45, 2.75) is 24.8 Å². The van der Waals surface area contributed by atoms with Crippen molar-refractivity contribution < 1.29 is 17.9 Å². The second kappa shape index (κ2) is 10.2. The topological polar surface area (TPSA) is 75.7 Å². The Bertz CT molecular complexity index is 1180. The first-order chi connectivity index (χ1) is 15.2. The highest BCUT2D eigenvalue weighted by Crippen LogP contribution is 2.30. The first-order valence-electron chi connectivity index (χ1n) is 9.99. The van der Waals surface area contributed by atoms with E-state index in [1.54, 1.807) is 18.2 Å². The average molecular weight is 517 g/mol. The zero-order chi connectivity index (χ0) is 23.3. The third kappa shape index (κ3) is 5.49. The summed E-state index contributed by atoms with van der Waals surface area (Å²) in [5, 5.41) is 2.89. The Morgan fingerprint density at radius 3 is 2.31 bits per heavy atom. The van der Waals surface area contributed by atoms with Crippen LogP contribution in [-0.4, -0.2) is 28.0 Å². The molecule has 0 spiro atoms. The molecule has 0 aromatic heterocycles. The molecule has 0 heterocycles. The molecule has 3 aromatic carbocycles. The Hall–Kier alpha value is -2.84. The molecule has 0 aliphatic heterocycles. The first-order valence-corrected chi connectivity index (χ1v) is 12.2. The van der Waals surface area contributed by atoms with Gasteiger partial charge in [-0.15, -0.1) is 0 Å². The van der Waals surface area contributed by atoms with E-state index in [0.717, 1.165) is 15.4 Å². The molecular formula is C24H25BrN2O4S. The Morgan fingerprint density at radius 2 is 1.72 bits per heavy atom. The van der Waals surface area contributed by atoms with Crippen LogP contribution in [0.15, 0.2) is 82.2 Å². The van der Waals surface area contributed by atoms with Crippen LogP contribution in [0, 0.1) is 6.92 Å². The summed E-state index contributed by atoms with van der Waals surface area (Å²) in [7, 11) is -2.52. The van der Waals surface area contributed by atoms with E-state index in [-0.39, 0.29) is 17.5 Å². The van der Waals surface area contributed by atoms with Crippen molar-refractivity contribution in [2.75, 3.05) is 18.0 Å². The molecule has 0 bridgehead atoms. The molecule has 8 heteroatoms. The number of aryl methyl sites for hydroxylation is 1. The Balaban J connectivity index is 1.92. The van der Waals surface area contributed by atoms with Gasteiger partial charge in [-0.2, -0.15) is 0 Å².